The number of hydrogen-bond acceptors (Lipinski definition) is 5. The SMILES string of the molecule is Cc1cn(C[C@@H]2CCCN(C(=O)[C@H]3CN(C4c5ccccc5CCc5cc(Cl)cnc54)CCN3C(=O)C(C)(C)C)C2)cn1. The van der Waals surface area contributed by atoms with Crippen molar-refractivity contribution in [3.8, 4) is 0 Å². The summed E-state index contributed by atoms with van der Waals surface area (Å²) in [5.74, 6) is 0.437. The predicted octanol–water partition coefficient (Wildman–Crippen LogP) is 4.93. The number of pyridine rings is 1. The number of piperidine rings is 1. The highest BCUT2D eigenvalue weighted by Crippen LogP contribution is 2.38. The largest absolute Gasteiger partial charge is 0.341 e. The maximum absolute atomic E-state index is 14.5. The molecule has 2 amide bonds. The van der Waals surface area contributed by atoms with Gasteiger partial charge in [0, 0.05) is 57.1 Å². The second-order valence-corrected chi connectivity index (χ2v) is 14.0. The molecule has 0 spiro atoms. The number of nitrogens with zero attached hydrogens (tertiary/aromatic N) is 6. The predicted molar refractivity (Wildman–Crippen MR) is 168 cm³/mol. The van der Waals surface area contributed by atoms with Crippen LogP contribution in [-0.4, -0.2) is 79.8 Å². The molecule has 8 nitrogen and oxygen atoms in total. The molecule has 0 radical (unpaired) electrons. The van der Waals surface area contributed by atoms with Gasteiger partial charge in [0.15, 0.2) is 0 Å². The third-order valence-corrected chi connectivity index (χ3v) is 9.47. The Bertz CT molecular complexity index is 1500. The fourth-order valence-electron chi connectivity index (χ4n) is 7.17. The first-order valence-electron chi connectivity index (χ1n) is 15.6. The molecule has 0 N–H and O–H groups in total. The van der Waals surface area contributed by atoms with Gasteiger partial charge in [-0.2, -0.15) is 0 Å². The highest BCUT2D eigenvalue weighted by molar-refractivity contribution is 6.30. The van der Waals surface area contributed by atoms with Crippen LogP contribution in [0.1, 0.15) is 67.7 Å². The van der Waals surface area contributed by atoms with Crippen LogP contribution in [0.4, 0.5) is 0 Å². The van der Waals surface area contributed by atoms with Crippen molar-refractivity contribution in [3.63, 3.8) is 0 Å². The molecule has 3 aromatic rings. The van der Waals surface area contributed by atoms with E-state index in [1.54, 1.807) is 6.20 Å². The van der Waals surface area contributed by atoms with Gasteiger partial charge in [0.25, 0.3) is 0 Å². The molecule has 1 aromatic carbocycles. The average molecular weight is 603 g/mol. The molecule has 43 heavy (non-hydrogen) atoms. The van der Waals surface area contributed by atoms with Gasteiger partial charge in [-0.3, -0.25) is 19.5 Å². The number of likely N-dealkylation sites (tertiary alicyclic amines) is 1. The molecule has 3 aliphatic rings. The van der Waals surface area contributed by atoms with Gasteiger partial charge >= 0.3 is 0 Å². The van der Waals surface area contributed by atoms with Crippen molar-refractivity contribution in [3.05, 3.63) is 82.2 Å². The molecule has 1 unspecified atom stereocenters. The minimum absolute atomic E-state index is 0.0273. The first-order valence-corrected chi connectivity index (χ1v) is 16.0. The number of carbonyl (C=O) groups excluding carboxylic acids is 2. The van der Waals surface area contributed by atoms with Gasteiger partial charge in [-0.05, 0) is 61.3 Å². The highest BCUT2D eigenvalue weighted by atomic mass is 35.5. The van der Waals surface area contributed by atoms with Crippen LogP contribution in [0.2, 0.25) is 5.02 Å². The molecule has 4 heterocycles. The number of hydrogen-bond donors (Lipinski definition) is 0. The number of carbonyl (C=O) groups is 2. The Morgan fingerprint density at radius 3 is 2.58 bits per heavy atom. The van der Waals surface area contributed by atoms with Crippen molar-refractivity contribution in [2.24, 2.45) is 11.3 Å². The van der Waals surface area contributed by atoms with Gasteiger partial charge in [0.2, 0.25) is 11.8 Å². The summed E-state index contributed by atoms with van der Waals surface area (Å²) in [6.45, 7) is 11.7. The molecular weight excluding hydrogens is 560 g/mol. The molecule has 0 saturated carbocycles. The van der Waals surface area contributed by atoms with E-state index in [1.165, 1.54) is 11.1 Å². The van der Waals surface area contributed by atoms with Gasteiger partial charge in [0.05, 0.1) is 28.8 Å². The standard InChI is InChI=1S/C34H43ClN6O2/c1-23-18-38(22-37-23)19-24-8-7-13-40(20-24)32(42)29-21-39(14-15-41(29)33(43)34(2,3)4)31-28-10-6-5-9-25(28)11-12-26-16-27(35)17-36-30(26)31/h5-6,9-10,16-18,22,24,29,31H,7-8,11-15,19-21H2,1-4H3/t24-,29+,31?/m0/s1. The molecule has 2 aliphatic heterocycles. The van der Waals surface area contributed by atoms with Gasteiger partial charge in [-0.25, -0.2) is 4.98 Å². The van der Waals surface area contributed by atoms with Crippen LogP contribution in [0.5, 0.6) is 0 Å². The molecule has 9 heteroatoms. The summed E-state index contributed by atoms with van der Waals surface area (Å²) in [6, 6.07) is 9.96. The first kappa shape index (κ1) is 29.8. The minimum atomic E-state index is -0.579. The summed E-state index contributed by atoms with van der Waals surface area (Å²) in [7, 11) is 0. The summed E-state index contributed by atoms with van der Waals surface area (Å²) in [5.41, 5.74) is 5.10. The third kappa shape index (κ3) is 6.22. The molecule has 2 fully saturated rings. The third-order valence-electron chi connectivity index (χ3n) is 9.27. The number of aryl methyl sites for hydroxylation is 3. The number of amides is 2. The van der Waals surface area contributed by atoms with E-state index in [0.717, 1.165) is 55.7 Å². The second-order valence-electron chi connectivity index (χ2n) is 13.6. The van der Waals surface area contributed by atoms with Gasteiger partial charge in [-0.1, -0.05) is 56.6 Å². The van der Waals surface area contributed by atoms with E-state index < -0.39 is 11.5 Å². The Morgan fingerprint density at radius 2 is 1.81 bits per heavy atom. The first-order chi connectivity index (χ1) is 20.6. The number of rotatable bonds is 4. The Kier molecular flexibility index (Phi) is 8.35. The van der Waals surface area contributed by atoms with E-state index in [4.69, 9.17) is 16.6 Å². The number of imidazole rings is 1. The zero-order valence-corrected chi connectivity index (χ0v) is 26.6. The van der Waals surface area contributed by atoms with Crippen molar-refractivity contribution in [1.29, 1.82) is 0 Å². The smallest absolute Gasteiger partial charge is 0.246 e. The molecule has 1 aliphatic carbocycles. The topological polar surface area (TPSA) is 74.6 Å². The molecular formula is C34H43ClN6O2. The zero-order chi connectivity index (χ0) is 30.3. The van der Waals surface area contributed by atoms with Crippen molar-refractivity contribution < 1.29 is 9.59 Å². The lowest BCUT2D eigenvalue weighted by atomic mass is 9.91. The lowest BCUT2D eigenvalue weighted by Crippen LogP contribution is -2.63. The van der Waals surface area contributed by atoms with E-state index in [-0.39, 0.29) is 17.9 Å². The molecule has 0 bridgehead atoms. The number of benzene rings is 1. The monoisotopic (exact) mass is 602 g/mol. The van der Waals surface area contributed by atoms with Crippen LogP contribution in [-0.2, 0) is 29.0 Å². The summed E-state index contributed by atoms with van der Waals surface area (Å²) in [5, 5.41) is 0.641. The molecule has 2 saturated heterocycles. The number of aromatic nitrogens is 3. The highest BCUT2D eigenvalue weighted by Gasteiger charge is 2.44. The number of halogens is 1. The number of piperazine rings is 1. The summed E-state index contributed by atoms with van der Waals surface area (Å²) in [6.07, 6.45) is 9.49. The average Bonchev–Trinajstić information content (AvgIpc) is 3.32. The van der Waals surface area contributed by atoms with Crippen LogP contribution in [0.3, 0.4) is 0 Å². The van der Waals surface area contributed by atoms with Crippen molar-refractivity contribution in [2.75, 3.05) is 32.7 Å². The molecule has 228 valence electrons. The second kappa shape index (κ2) is 12.0. The van der Waals surface area contributed by atoms with E-state index in [0.29, 0.717) is 37.1 Å². The normalized spacial score (nSPS) is 23.0. The maximum atomic E-state index is 14.5. The van der Waals surface area contributed by atoms with Gasteiger partial charge in [0.1, 0.15) is 6.04 Å². The van der Waals surface area contributed by atoms with E-state index >= 15 is 0 Å². The minimum Gasteiger partial charge on any atom is -0.341 e. The number of fused-ring (bicyclic) bond motifs is 2. The summed E-state index contributed by atoms with van der Waals surface area (Å²) in [4.78, 5) is 43.8. The summed E-state index contributed by atoms with van der Waals surface area (Å²) < 4.78 is 2.13. The zero-order valence-electron chi connectivity index (χ0n) is 25.8. The molecule has 2 aromatic heterocycles. The molecule has 6 rings (SSSR count). The van der Waals surface area contributed by atoms with E-state index in [2.05, 4.69) is 44.9 Å². The fourth-order valence-corrected chi connectivity index (χ4v) is 7.35. The summed E-state index contributed by atoms with van der Waals surface area (Å²) >= 11 is 6.41. The lowest BCUT2D eigenvalue weighted by molar-refractivity contribution is -0.155. The van der Waals surface area contributed by atoms with Crippen LogP contribution in [0, 0.1) is 18.3 Å². The van der Waals surface area contributed by atoms with Crippen molar-refractivity contribution in [2.45, 2.75) is 72.0 Å². The van der Waals surface area contributed by atoms with E-state index in [1.807, 2.05) is 49.9 Å². The van der Waals surface area contributed by atoms with Crippen LogP contribution < -0.4 is 0 Å². The Morgan fingerprint density at radius 1 is 1.02 bits per heavy atom. The van der Waals surface area contributed by atoms with Crippen molar-refractivity contribution >= 4 is 23.4 Å². The Labute approximate surface area is 260 Å². The van der Waals surface area contributed by atoms with Crippen LogP contribution in [0.15, 0.2) is 49.1 Å². The maximum Gasteiger partial charge on any atom is 0.246 e. The van der Waals surface area contributed by atoms with Crippen molar-refractivity contribution in [1.82, 2.24) is 29.2 Å². The molecule has 3 atom stereocenters. The van der Waals surface area contributed by atoms with Gasteiger partial charge in [-0.15, -0.1) is 0 Å². The quantitative estimate of drug-likeness (QED) is 0.424. The Balaban J connectivity index is 1.31. The lowest BCUT2D eigenvalue weighted by Gasteiger charge is -2.47. The Hall–Kier alpha value is -3.23. The van der Waals surface area contributed by atoms with Gasteiger partial charge < -0.3 is 14.4 Å². The van der Waals surface area contributed by atoms with E-state index in [9.17, 15) is 9.59 Å². The van der Waals surface area contributed by atoms with Crippen LogP contribution in [0.25, 0.3) is 0 Å². The fraction of sp³-hybridized carbons (Fsp3) is 0.529. The van der Waals surface area contributed by atoms with Crippen LogP contribution >= 0.6 is 11.6 Å².